The Morgan fingerprint density at radius 1 is 0.933 bits per heavy atom. The molecule has 162 valence electrons. The molecule has 0 unspecified atom stereocenters. The van der Waals surface area contributed by atoms with E-state index in [9.17, 15) is 18.0 Å². The zero-order chi connectivity index (χ0) is 21.1. The lowest BCUT2D eigenvalue weighted by atomic mass is 10.1. The molecule has 30 heavy (non-hydrogen) atoms. The first-order valence-electron chi connectivity index (χ1n) is 10.3. The molecular formula is C20H25N3O4S3. The molecule has 2 aromatic rings. The molecule has 0 atom stereocenters. The molecule has 4 rings (SSSR count). The predicted molar refractivity (Wildman–Crippen MR) is 117 cm³/mol. The molecule has 2 aliphatic rings. The van der Waals surface area contributed by atoms with Crippen molar-refractivity contribution in [2.24, 2.45) is 0 Å². The van der Waals surface area contributed by atoms with Crippen LogP contribution in [0, 0.1) is 0 Å². The number of thiophene rings is 2. The van der Waals surface area contributed by atoms with Crippen LogP contribution in [0.2, 0.25) is 0 Å². The summed E-state index contributed by atoms with van der Waals surface area (Å²) in [7, 11) is -3.72. The smallest absolute Gasteiger partial charge is 0.266 e. The van der Waals surface area contributed by atoms with Gasteiger partial charge in [0.2, 0.25) is 10.0 Å². The molecule has 10 heteroatoms. The highest BCUT2D eigenvalue weighted by Gasteiger charge is 2.31. The monoisotopic (exact) mass is 467 g/mol. The molecule has 7 nitrogen and oxygen atoms in total. The lowest BCUT2D eigenvalue weighted by Gasteiger charge is -2.25. The number of fused-ring (bicyclic) bond motifs is 1. The third kappa shape index (κ3) is 4.46. The van der Waals surface area contributed by atoms with Crippen LogP contribution in [0.5, 0.6) is 0 Å². The molecule has 2 amide bonds. The summed E-state index contributed by atoms with van der Waals surface area (Å²) in [4.78, 5) is 27.1. The number of amides is 2. The van der Waals surface area contributed by atoms with Crippen molar-refractivity contribution in [1.29, 1.82) is 0 Å². The lowest BCUT2D eigenvalue weighted by Crippen LogP contribution is -2.42. The average Bonchev–Trinajstić information content (AvgIpc) is 3.36. The van der Waals surface area contributed by atoms with E-state index in [0.717, 1.165) is 56.3 Å². The summed E-state index contributed by atoms with van der Waals surface area (Å²) < 4.78 is 27.3. The summed E-state index contributed by atoms with van der Waals surface area (Å²) in [6, 6.07) is 3.37. The van der Waals surface area contributed by atoms with Gasteiger partial charge in [0.25, 0.3) is 11.8 Å². The normalized spacial score (nSPS) is 17.7. The van der Waals surface area contributed by atoms with E-state index >= 15 is 0 Å². The van der Waals surface area contributed by atoms with Crippen molar-refractivity contribution in [3.63, 3.8) is 0 Å². The maximum absolute atomic E-state index is 12.9. The summed E-state index contributed by atoms with van der Waals surface area (Å²) >= 11 is 2.52. The molecule has 0 aromatic carbocycles. The van der Waals surface area contributed by atoms with Crippen molar-refractivity contribution in [3.8, 4) is 0 Å². The predicted octanol–water partition coefficient (Wildman–Crippen LogP) is 3.33. The molecule has 1 saturated heterocycles. The van der Waals surface area contributed by atoms with E-state index in [1.54, 1.807) is 5.38 Å². The number of sulfonamides is 1. The van der Waals surface area contributed by atoms with Crippen molar-refractivity contribution in [2.75, 3.05) is 13.1 Å². The average molecular weight is 468 g/mol. The number of nitrogens with zero attached hydrogens (tertiary/aromatic N) is 1. The number of nitrogens with one attached hydrogen (secondary N) is 2. The maximum Gasteiger partial charge on any atom is 0.281 e. The van der Waals surface area contributed by atoms with Gasteiger partial charge in [-0.3, -0.25) is 20.4 Å². The number of rotatable bonds is 4. The van der Waals surface area contributed by atoms with E-state index in [4.69, 9.17) is 0 Å². The first kappa shape index (κ1) is 21.5. The van der Waals surface area contributed by atoms with Crippen LogP contribution in [0.25, 0.3) is 0 Å². The number of carbonyl (C=O) groups is 2. The highest BCUT2D eigenvalue weighted by atomic mass is 32.2. The van der Waals surface area contributed by atoms with Gasteiger partial charge in [0, 0.05) is 18.0 Å². The largest absolute Gasteiger partial charge is 0.281 e. The van der Waals surface area contributed by atoms with Crippen LogP contribution in [0.4, 0.5) is 0 Å². The van der Waals surface area contributed by atoms with Crippen LogP contribution in [-0.2, 0) is 22.9 Å². The topological polar surface area (TPSA) is 95.6 Å². The van der Waals surface area contributed by atoms with Crippen molar-refractivity contribution in [2.45, 2.75) is 56.3 Å². The fourth-order valence-electron chi connectivity index (χ4n) is 3.92. The SMILES string of the molecule is O=C(NNC(=O)c1sccc1S(=O)(=O)N1CCCCC1)c1cc2c(s1)CCCCC2. The zero-order valence-corrected chi connectivity index (χ0v) is 19.1. The number of hydrogen-bond acceptors (Lipinski definition) is 6. The van der Waals surface area contributed by atoms with Crippen molar-refractivity contribution in [1.82, 2.24) is 15.2 Å². The lowest BCUT2D eigenvalue weighted by molar-refractivity contribution is 0.0849. The number of carbonyl (C=O) groups excluding carboxylic acids is 2. The van der Waals surface area contributed by atoms with Gasteiger partial charge in [0.15, 0.2) is 0 Å². The Balaban J connectivity index is 1.43. The molecule has 2 aromatic heterocycles. The Morgan fingerprint density at radius 3 is 2.43 bits per heavy atom. The molecular weight excluding hydrogens is 442 g/mol. The summed E-state index contributed by atoms with van der Waals surface area (Å²) in [6.07, 6.45) is 8.12. The standard InChI is InChI=1S/C20H25N3O4S3/c24-19(16-13-14-7-3-1-4-8-15(14)29-16)21-22-20(25)18-17(9-12-28-18)30(26,27)23-10-5-2-6-11-23/h9,12-13H,1-8,10-11H2,(H,21,24)(H,22,25). The second kappa shape index (κ2) is 9.17. The van der Waals surface area contributed by atoms with Crippen molar-refractivity contribution in [3.05, 3.63) is 37.7 Å². The molecule has 0 bridgehead atoms. The second-order valence-electron chi connectivity index (χ2n) is 7.61. The van der Waals surface area contributed by atoms with Gasteiger partial charge in [-0.1, -0.05) is 12.8 Å². The molecule has 2 N–H and O–H groups in total. The van der Waals surface area contributed by atoms with E-state index in [0.29, 0.717) is 18.0 Å². The second-order valence-corrected chi connectivity index (χ2v) is 11.6. The highest BCUT2D eigenvalue weighted by molar-refractivity contribution is 7.89. The van der Waals surface area contributed by atoms with Gasteiger partial charge in [-0.25, -0.2) is 8.42 Å². The van der Waals surface area contributed by atoms with Crippen LogP contribution in [0.1, 0.15) is 68.3 Å². The minimum atomic E-state index is -3.72. The van der Waals surface area contributed by atoms with Gasteiger partial charge in [-0.15, -0.1) is 22.7 Å². The summed E-state index contributed by atoms with van der Waals surface area (Å²) in [6.45, 7) is 0.942. The first-order chi connectivity index (χ1) is 14.5. The van der Waals surface area contributed by atoms with Gasteiger partial charge < -0.3 is 0 Å². The first-order valence-corrected chi connectivity index (χ1v) is 13.4. The van der Waals surface area contributed by atoms with Crippen LogP contribution in [0.3, 0.4) is 0 Å². The highest BCUT2D eigenvalue weighted by Crippen LogP contribution is 2.29. The van der Waals surface area contributed by atoms with Gasteiger partial charge >= 0.3 is 0 Å². The third-order valence-corrected chi connectivity index (χ3v) is 9.75. The van der Waals surface area contributed by atoms with E-state index in [2.05, 4.69) is 10.9 Å². The molecule has 1 aliphatic carbocycles. The minimum Gasteiger partial charge on any atom is -0.266 e. The Bertz CT molecular complexity index is 1010. The van der Waals surface area contributed by atoms with E-state index in [-0.39, 0.29) is 15.7 Å². The van der Waals surface area contributed by atoms with E-state index < -0.39 is 15.9 Å². The molecule has 0 spiro atoms. The van der Waals surface area contributed by atoms with Crippen LogP contribution in [0.15, 0.2) is 22.4 Å². The number of aryl methyl sites for hydroxylation is 2. The Kier molecular flexibility index (Phi) is 6.57. The van der Waals surface area contributed by atoms with Crippen molar-refractivity contribution < 1.29 is 18.0 Å². The molecule has 1 fully saturated rings. The summed E-state index contributed by atoms with van der Waals surface area (Å²) in [5, 5.41) is 1.59. The van der Waals surface area contributed by atoms with Gasteiger partial charge in [-0.2, -0.15) is 4.31 Å². The molecule has 3 heterocycles. The Hall–Kier alpha value is -1.75. The quantitative estimate of drug-likeness (QED) is 0.533. The van der Waals surface area contributed by atoms with Gasteiger partial charge in [0.05, 0.1) is 4.88 Å². The molecule has 1 aliphatic heterocycles. The van der Waals surface area contributed by atoms with Crippen LogP contribution >= 0.6 is 22.7 Å². The fourth-order valence-corrected chi connectivity index (χ4v) is 7.88. The van der Waals surface area contributed by atoms with Gasteiger partial charge in [0.1, 0.15) is 9.77 Å². The third-order valence-electron chi connectivity index (χ3n) is 5.53. The van der Waals surface area contributed by atoms with Crippen LogP contribution in [-0.4, -0.2) is 37.6 Å². The van der Waals surface area contributed by atoms with E-state index in [1.807, 2.05) is 6.07 Å². The Labute approximate surface area is 184 Å². The maximum atomic E-state index is 12.9. The molecule has 0 radical (unpaired) electrons. The number of piperidine rings is 1. The molecule has 0 saturated carbocycles. The summed E-state index contributed by atoms with van der Waals surface area (Å²) in [5.74, 6) is -0.995. The summed E-state index contributed by atoms with van der Waals surface area (Å²) in [5.41, 5.74) is 6.05. The minimum absolute atomic E-state index is 0.00369. The van der Waals surface area contributed by atoms with Crippen molar-refractivity contribution >= 4 is 44.5 Å². The number of hydrazine groups is 1. The number of hydrogen-bond donors (Lipinski definition) is 2. The fraction of sp³-hybridized carbons (Fsp3) is 0.500. The van der Waals surface area contributed by atoms with Gasteiger partial charge in [-0.05, 0) is 61.6 Å². The Morgan fingerprint density at radius 2 is 1.63 bits per heavy atom. The van der Waals surface area contributed by atoms with Crippen LogP contribution < -0.4 is 10.9 Å². The zero-order valence-electron chi connectivity index (χ0n) is 16.6. The van der Waals surface area contributed by atoms with E-state index in [1.165, 1.54) is 38.6 Å².